The van der Waals surface area contributed by atoms with Crippen molar-refractivity contribution in [1.82, 2.24) is 10.2 Å². The summed E-state index contributed by atoms with van der Waals surface area (Å²) in [6.45, 7) is 14.8. The second kappa shape index (κ2) is 8.20. The van der Waals surface area contributed by atoms with Crippen molar-refractivity contribution in [3.63, 3.8) is 0 Å². The van der Waals surface area contributed by atoms with Crippen LogP contribution in [0.3, 0.4) is 0 Å². The van der Waals surface area contributed by atoms with Gasteiger partial charge in [0.25, 0.3) is 0 Å². The van der Waals surface area contributed by atoms with Crippen LogP contribution in [0, 0.1) is 5.92 Å². The van der Waals surface area contributed by atoms with E-state index in [1.807, 2.05) is 0 Å². The molecule has 1 aliphatic rings. The van der Waals surface area contributed by atoms with E-state index >= 15 is 0 Å². The molecule has 1 heterocycles. The minimum Gasteiger partial charge on any atom is -0.385 e. The normalized spacial score (nSPS) is 24.0. The Labute approximate surface area is 118 Å². The molecule has 0 aromatic heterocycles. The first-order chi connectivity index (χ1) is 8.96. The van der Waals surface area contributed by atoms with Gasteiger partial charge in [0.15, 0.2) is 0 Å². The summed E-state index contributed by atoms with van der Waals surface area (Å²) in [6.07, 6.45) is 0.983. The average molecular weight is 272 g/mol. The standard InChI is InChI=1S/C15H32N2O2/c1-13(2)14-11-16-15(3,4)12-17(14)7-10-19-9-6-8-18-5/h13-14,16H,6-12H2,1-5H3. The Hall–Kier alpha value is -0.160. The topological polar surface area (TPSA) is 33.7 Å². The maximum atomic E-state index is 5.69. The van der Waals surface area contributed by atoms with Crippen LogP contribution in [-0.4, -0.2) is 63.0 Å². The fourth-order valence-corrected chi connectivity index (χ4v) is 2.68. The van der Waals surface area contributed by atoms with Crippen molar-refractivity contribution in [2.75, 3.05) is 46.6 Å². The molecule has 19 heavy (non-hydrogen) atoms. The number of hydrogen-bond donors (Lipinski definition) is 1. The molecule has 1 atom stereocenters. The summed E-state index contributed by atoms with van der Waals surface area (Å²) in [5.41, 5.74) is 0.210. The lowest BCUT2D eigenvalue weighted by Crippen LogP contribution is -2.63. The van der Waals surface area contributed by atoms with Crippen LogP contribution in [-0.2, 0) is 9.47 Å². The number of nitrogens with one attached hydrogen (secondary N) is 1. The Bertz CT molecular complexity index is 244. The molecule has 4 nitrogen and oxygen atoms in total. The van der Waals surface area contributed by atoms with Gasteiger partial charge in [-0.1, -0.05) is 13.8 Å². The molecule has 0 radical (unpaired) electrons. The Kier molecular flexibility index (Phi) is 7.29. The van der Waals surface area contributed by atoms with Crippen molar-refractivity contribution in [3.8, 4) is 0 Å². The summed E-state index contributed by atoms with van der Waals surface area (Å²) in [5.74, 6) is 0.678. The van der Waals surface area contributed by atoms with Crippen molar-refractivity contribution in [2.24, 2.45) is 5.92 Å². The first-order valence-electron chi connectivity index (χ1n) is 7.52. The van der Waals surface area contributed by atoms with E-state index in [1.165, 1.54) is 0 Å². The van der Waals surface area contributed by atoms with E-state index < -0.39 is 0 Å². The van der Waals surface area contributed by atoms with E-state index in [-0.39, 0.29) is 5.54 Å². The molecule has 114 valence electrons. The molecule has 1 saturated heterocycles. The third-order valence-corrected chi connectivity index (χ3v) is 3.79. The maximum absolute atomic E-state index is 5.69. The van der Waals surface area contributed by atoms with Gasteiger partial charge in [-0.05, 0) is 26.2 Å². The lowest BCUT2D eigenvalue weighted by Gasteiger charge is -2.46. The monoisotopic (exact) mass is 272 g/mol. The first-order valence-corrected chi connectivity index (χ1v) is 7.52. The Morgan fingerprint density at radius 1 is 1.26 bits per heavy atom. The zero-order valence-corrected chi connectivity index (χ0v) is 13.4. The molecule has 1 rings (SSSR count). The molecular formula is C15H32N2O2. The number of ether oxygens (including phenoxy) is 2. The van der Waals surface area contributed by atoms with E-state index in [0.29, 0.717) is 12.0 Å². The molecule has 1 unspecified atom stereocenters. The zero-order chi connectivity index (χ0) is 14.3. The number of hydrogen-bond acceptors (Lipinski definition) is 4. The third-order valence-electron chi connectivity index (χ3n) is 3.79. The molecule has 0 bridgehead atoms. The van der Waals surface area contributed by atoms with E-state index in [0.717, 1.165) is 45.9 Å². The van der Waals surface area contributed by atoms with Crippen molar-refractivity contribution >= 4 is 0 Å². The predicted octanol–water partition coefficient (Wildman–Crippen LogP) is 1.75. The third kappa shape index (κ3) is 6.21. The van der Waals surface area contributed by atoms with Crippen LogP contribution < -0.4 is 5.32 Å². The summed E-state index contributed by atoms with van der Waals surface area (Å²) >= 11 is 0. The summed E-state index contributed by atoms with van der Waals surface area (Å²) in [4.78, 5) is 2.58. The fraction of sp³-hybridized carbons (Fsp3) is 1.00. The molecular weight excluding hydrogens is 240 g/mol. The minimum absolute atomic E-state index is 0.210. The Morgan fingerprint density at radius 3 is 2.63 bits per heavy atom. The second-order valence-electron chi connectivity index (χ2n) is 6.51. The molecule has 1 N–H and O–H groups in total. The first kappa shape index (κ1) is 16.9. The highest BCUT2D eigenvalue weighted by molar-refractivity contribution is 4.93. The molecule has 0 aromatic rings. The van der Waals surface area contributed by atoms with E-state index in [4.69, 9.17) is 9.47 Å². The number of nitrogens with zero attached hydrogens (tertiary/aromatic N) is 1. The highest BCUT2D eigenvalue weighted by atomic mass is 16.5. The van der Waals surface area contributed by atoms with Gasteiger partial charge in [0, 0.05) is 51.5 Å². The van der Waals surface area contributed by atoms with Gasteiger partial charge in [-0.3, -0.25) is 4.90 Å². The van der Waals surface area contributed by atoms with Crippen LogP contribution >= 0.6 is 0 Å². The van der Waals surface area contributed by atoms with E-state index in [1.54, 1.807) is 7.11 Å². The van der Waals surface area contributed by atoms with Gasteiger partial charge in [0.2, 0.25) is 0 Å². The second-order valence-corrected chi connectivity index (χ2v) is 6.51. The SMILES string of the molecule is COCCCOCCN1CC(C)(C)NCC1C(C)C. The fourth-order valence-electron chi connectivity index (χ4n) is 2.68. The maximum Gasteiger partial charge on any atom is 0.0593 e. The smallest absolute Gasteiger partial charge is 0.0593 e. The zero-order valence-electron chi connectivity index (χ0n) is 13.4. The van der Waals surface area contributed by atoms with Crippen LogP contribution in [0.1, 0.15) is 34.1 Å². The number of methoxy groups -OCH3 is 1. The lowest BCUT2D eigenvalue weighted by atomic mass is 9.93. The minimum atomic E-state index is 0.210. The lowest BCUT2D eigenvalue weighted by molar-refractivity contribution is 0.0296. The van der Waals surface area contributed by atoms with Crippen molar-refractivity contribution in [2.45, 2.75) is 45.7 Å². The van der Waals surface area contributed by atoms with Gasteiger partial charge in [0.05, 0.1) is 6.61 Å². The highest BCUT2D eigenvalue weighted by Crippen LogP contribution is 2.19. The number of rotatable bonds is 8. The largest absolute Gasteiger partial charge is 0.385 e. The van der Waals surface area contributed by atoms with E-state index in [9.17, 15) is 0 Å². The van der Waals surface area contributed by atoms with Crippen molar-refractivity contribution < 1.29 is 9.47 Å². The molecule has 0 aromatic carbocycles. The van der Waals surface area contributed by atoms with Gasteiger partial charge < -0.3 is 14.8 Å². The summed E-state index contributed by atoms with van der Waals surface area (Å²) in [6, 6.07) is 0.621. The highest BCUT2D eigenvalue weighted by Gasteiger charge is 2.33. The summed E-state index contributed by atoms with van der Waals surface area (Å²) < 4.78 is 10.7. The quantitative estimate of drug-likeness (QED) is 0.683. The Balaban J connectivity index is 2.30. The average Bonchev–Trinajstić information content (AvgIpc) is 2.32. The van der Waals surface area contributed by atoms with Crippen LogP contribution in [0.15, 0.2) is 0 Å². The van der Waals surface area contributed by atoms with Gasteiger partial charge in [0.1, 0.15) is 0 Å². The van der Waals surface area contributed by atoms with E-state index in [2.05, 4.69) is 37.9 Å². The Morgan fingerprint density at radius 2 is 2.00 bits per heavy atom. The number of piperazine rings is 1. The summed E-state index contributed by atoms with van der Waals surface area (Å²) in [5, 5.41) is 3.64. The van der Waals surface area contributed by atoms with Gasteiger partial charge >= 0.3 is 0 Å². The van der Waals surface area contributed by atoms with Crippen molar-refractivity contribution in [3.05, 3.63) is 0 Å². The molecule has 0 spiro atoms. The molecule has 0 aliphatic carbocycles. The molecule has 0 amide bonds. The van der Waals surface area contributed by atoms with Gasteiger partial charge in [-0.15, -0.1) is 0 Å². The van der Waals surface area contributed by atoms with Crippen LogP contribution in [0.4, 0.5) is 0 Å². The predicted molar refractivity (Wildman–Crippen MR) is 79.6 cm³/mol. The van der Waals surface area contributed by atoms with Crippen LogP contribution in [0.5, 0.6) is 0 Å². The van der Waals surface area contributed by atoms with Crippen LogP contribution in [0.2, 0.25) is 0 Å². The molecule has 1 aliphatic heterocycles. The molecule has 0 saturated carbocycles. The van der Waals surface area contributed by atoms with Crippen LogP contribution in [0.25, 0.3) is 0 Å². The van der Waals surface area contributed by atoms with Gasteiger partial charge in [-0.25, -0.2) is 0 Å². The van der Waals surface area contributed by atoms with Crippen molar-refractivity contribution in [1.29, 1.82) is 0 Å². The van der Waals surface area contributed by atoms with Gasteiger partial charge in [-0.2, -0.15) is 0 Å². The molecule has 4 heteroatoms. The molecule has 1 fully saturated rings. The summed E-state index contributed by atoms with van der Waals surface area (Å²) in [7, 11) is 1.73.